The zero-order valence-corrected chi connectivity index (χ0v) is 16.7. The topological polar surface area (TPSA) is 59.6 Å². The molecule has 0 saturated carbocycles. The number of halogens is 1. The minimum absolute atomic E-state index is 0.107. The van der Waals surface area contributed by atoms with E-state index in [-0.39, 0.29) is 5.91 Å². The number of hydrogen-bond donors (Lipinski definition) is 1. The second-order valence-electron chi connectivity index (χ2n) is 7.02. The highest BCUT2D eigenvalue weighted by Crippen LogP contribution is 2.26. The number of carbonyl (C=O) groups is 1. The lowest BCUT2D eigenvalue weighted by atomic mass is 10.2. The van der Waals surface area contributed by atoms with Gasteiger partial charge < -0.3 is 19.0 Å². The molecule has 0 atom stereocenters. The number of ether oxygens (including phenoxy) is 1. The largest absolute Gasteiger partial charge is 0.460 e. The Bertz CT molecular complexity index is 973. The standard InChI is InChI=1S/C21H24ClN3O3/c1-15-12-18-20(28-15)13-19(25(18)14-16-4-2-3-5-17(16)22)21(26)23-6-7-24-8-10-27-11-9-24/h2-5,12-13H,6-11,14H2,1H3,(H,23,26). The average molecular weight is 402 g/mol. The maximum atomic E-state index is 12.9. The van der Waals surface area contributed by atoms with Gasteiger partial charge in [-0.25, -0.2) is 0 Å². The van der Waals surface area contributed by atoms with Gasteiger partial charge in [0.1, 0.15) is 11.5 Å². The highest BCUT2D eigenvalue weighted by atomic mass is 35.5. The van der Waals surface area contributed by atoms with Gasteiger partial charge in [0.2, 0.25) is 0 Å². The smallest absolute Gasteiger partial charge is 0.268 e. The number of fused-ring (bicyclic) bond motifs is 1. The van der Waals surface area contributed by atoms with E-state index >= 15 is 0 Å². The van der Waals surface area contributed by atoms with Crippen LogP contribution in [0.15, 0.2) is 40.8 Å². The fourth-order valence-electron chi connectivity index (χ4n) is 3.56. The number of amides is 1. The van der Waals surface area contributed by atoms with Crippen LogP contribution in [0.4, 0.5) is 0 Å². The second-order valence-corrected chi connectivity index (χ2v) is 7.43. The molecule has 1 aromatic carbocycles. The molecule has 1 aliphatic heterocycles. The zero-order chi connectivity index (χ0) is 19.5. The van der Waals surface area contributed by atoms with Gasteiger partial charge in [-0.1, -0.05) is 29.8 Å². The van der Waals surface area contributed by atoms with Gasteiger partial charge in [-0.15, -0.1) is 0 Å². The minimum Gasteiger partial charge on any atom is -0.460 e. The molecule has 1 saturated heterocycles. The summed E-state index contributed by atoms with van der Waals surface area (Å²) in [5.74, 6) is 0.710. The number of furan rings is 1. The molecule has 0 radical (unpaired) electrons. The molecule has 1 amide bonds. The number of benzene rings is 1. The first-order chi connectivity index (χ1) is 13.6. The summed E-state index contributed by atoms with van der Waals surface area (Å²) in [7, 11) is 0. The molecule has 3 aromatic rings. The third kappa shape index (κ3) is 4.09. The van der Waals surface area contributed by atoms with Crippen molar-refractivity contribution >= 4 is 28.6 Å². The van der Waals surface area contributed by atoms with Crippen LogP contribution < -0.4 is 5.32 Å². The van der Waals surface area contributed by atoms with Crippen molar-refractivity contribution in [1.82, 2.24) is 14.8 Å². The van der Waals surface area contributed by atoms with Gasteiger partial charge in [-0.3, -0.25) is 9.69 Å². The van der Waals surface area contributed by atoms with Crippen molar-refractivity contribution in [3.8, 4) is 0 Å². The molecule has 2 aromatic heterocycles. The molecule has 1 aliphatic rings. The monoisotopic (exact) mass is 401 g/mol. The van der Waals surface area contributed by atoms with Gasteiger partial charge in [-0.2, -0.15) is 0 Å². The molecule has 7 heteroatoms. The molecule has 1 fully saturated rings. The van der Waals surface area contributed by atoms with E-state index in [1.807, 2.05) is 47.9 Å². The van der Waals surface area contributed by atoms with Crippen LogP contribution in [-0.4, -0.2) is 54.8 Å². The van der Waals surface area contributed by atoms with Crippen LogP contribution in [0.3, 0.4) is 0 Å². The van der Waals surface area contributed by atoms with E-state index in [2.05, 4.69) is 10.2 Å². The lowest BCUT2D eigenvalue weighted by Crippen LogP contribution is -2.41. The van der Waals surface area contributed by atoms with Gasteiger partial charge in [0.05, 0.1) is 18.7 Å². The summed E-state index contributed by atoms with van der Waals surface area (Å²) in [6, 6.07) is 11.4. The van der Waals surface area contributed by atoms with E-state index < -0.39 is 0 Å². The van der Waals surface area contributed by atoms with E-state index in [4.69, 9.17) is 20.8 Å². The zero-order valence-electron chi connectivity index (χ0n) is 15.9. The molecular formula is C21H24ClN3O3. The summed E-state index contributed by atoms with van der Waals surface area (Å²) in [5, 5.41) is 3.72. The van der Waals surface area contributed by atoms with Crippen molar-refractivity contribution in [3.63, 3.8) is 0 Å². The Balaban J connectivity index is 1.53. The molecule has 4 rings (SSSR count). The fourth-order valence-corrected chi connectivity index (χ4v) is 3.76. The SMILES string of the molecule is Cc1cc2c(cc(C(=O)NCCN3CCOCC3)n2Cc2ccccc2Cl)o1. The molecule has 0 unspecified atom stereocenters. The molecule has 0 spiro atoms. The van der Waals surface area contributed by atoms with Crippen LogP contribution >= 0.6 is 11.6 Å². The number of rotatable bonds is 6. The van der Waals surface area contributed by atoms with Crippen LogP contribution in [0.5, 0.6) is 0 Å². The van der Waals surface area contributed by atoms with Gasteiger partial charge in [0, 0.05) is 49.9 Å². The summed E-state index contributed by atoms with van der Waals surface area (Å²) in [5.41, 5.74) is 3.15. The normalized spacial score (nSPS) is 15.2. The van der Waals surface area contributed by atoms with Gasteiger partial charge in [-0.05, 0) is 18.6 Å². The first-order valence-electron chi connectivity index (χ1n) is 9.53. The quantitative estimate of drug-likeness (QED) is 0.688. The number of aryl methyl sites for hydroxylation is 1. The Kier molecular flexibility index (Phi) is 5.71. The van der Waals surface area contributed by atoms with Crippen LogP contribution in [0.2, 0.25) is 5.02 Å². The maximum Gasteiger partial charge on any atom is 0.268 e. The number of aromatic nitrogens is 1. The molecule has 0 bridgehead atoms. The number of hydrogen-bond acceptors (Lipinski definition) is 4. The Morgan fingerprint density at radius 2 is 2.00 bits per heavy atom. The van der Waals surface area contributed by atoms with Crippen molar-refractivity contribution in [2.24, 2.45) is 0 Å². The lowest BCUT2D eigenvalue weighted by Gasteiger charge is -2.26. The molecule has 0 aliphatic carbocycles. The third-order valence-corrected chi connectivity index (χ3v) is 5.42. The molecule has 6 nitrogen and oxygen atoms in total. The first-order valence-corrected chi connectivity index (χ1v) is 9.91. The maximum absolute atomic E-state index is 12.9. The van der Waals surface area contributed by atoms with Crippen LogP contribution in [0.25, 0.3) is 11.1 Å². The predicted molar refractivity (Wildman–Crippen MR) is 109 cm³/mol. The Morgan fingerprint density at radius 1 is 1.21 bits per heavy atom. The van der Waals surface area contributed by atoms with Crippen molar-refractivity contribution in [2.45, 2.75) is 13.5 Å². The van der Waals surface area contributed by atoms with Crippen molar-refractivity contribution < 1.29 is 13.9 Å². The summed E-state index contributed by atoms with van der Waals surface area (Å²) >= 11 is 6.35. The lowest BCUT2D eigenvalue weighted by molar-refractivity contribution is 0.0383. The van der Waals surface area contributed by atoms with E-state index in [9.17, 15) is 4.79 Å². The summed E-state index contributed by atoms with van der Waals surface area (Å²) in [6.45, 7) is 7.15. The van der Waals surface area contributed by atoms with E-state index in [0.717, 1.165) is 49.7 Å². The van der Waals surface area contributed by atoms with E-state index in [1.54, 1.807) is 0 Å². The van der Waals surface area contributed by atoms with Crippen LogP contribution in [-0.2, 0) is 11.3 Å². The number of nitrogens with zero attached hydrogens (tertiary/aromatic N) is 2. The van der Waals surface area contributed by atoms with Gasteiger partial charge in [0.15, 0.2) is 5.58 Å². The summed E-state index contributed by atoms with van der Waals surface area (Å²) in [6.07, 6.45) is 0. The summed E-state index contributed by atoms with van der Waals surface area (Å²) in [4.78, 5) is 15.2. The predicted octanol–water partition coefficient (Wildman–Crippen LogP) is 3.31. The molecule has 28 heavy (non-hydrogen) atoms. The van der Waals surface area contributed by atoms with Crippen molar-refractivity contribution in [1.29, 1.82) is 0 Å². The number of morpholine rings is 1. The van der Waals surface area contributed by atoms with Gasteiger partial charge >= 0.3 is 0 Å². The number of carbonyl (C=O) groups excluding carboxylic acids is 1. The Hall–Kier alpha value is -2.28. The van der Waals surface area contributed by atoms with Crippen LogP contribution in [0, 0.1) is 6.92 Å². The minimum atomic E-state index is -0.107. The van der Waals surface area contributed by atoms with E-state index in [0.29, 0.717) is 29.4 Å². The third-order valence-electron chi connectivity index (χ3n) is 5.05. The Morgan fingerprint density at radius 3 is 2.79 bits per heavy atom. The molecule has 3 heterocycles. The fraction of sp³-hybridized carbons (Fsp3) is 0.381. The highest BCUT2D eigenvalue weighted by Gasteiger charge is 2.19. The molecule has 1 N–H and O–H groups in total. The highest BCUT2D eigenvalue weighted by molar-refractivity contribution is 6.31. The van der Waals surface area contributed by atoms with Crippen molar-refractivity contribution in [2.75, 3.05) is 39.4 Å². The van der Waals surface area contributed by atoms with E-state index in [1.165, 1.54) is 0 Å². The van der Waals surface area contributed by atoms with Gasteiger partial charge in [0.25, 0.3) is 5.91 Å². The molecule has 148 valence electrons. The van der Waals surface area contributed by atoms with Crippen molar-refractivity contribution in [3.05, 3.63) is 58.4 Å². The summed E-state index contributed by atoms with van der Waals surface area (Å²) < 4.78 is 13.1. The van der Waals surface area contributed by atoms with Crippen LogP contribution in [0.1, 0.15) is 21.8 Å². The Labute approximate surface area is 169 Å². The molecular weight excluding hydrogens is 378 g/mol. The second kappa shape index (κ2) is 8.39. The first kappa shape index (κ1) is 19.1. The number of nitrogens with one attached hydrogen (secondary N) is 1. The average Bonchev–Trinajstić information content (AvgIpc) is 3.21.